The first-order valence-electron chi connectivity index (χ1n) is 9.65. The van der Waals surface area contributed by atoms with Crippen LogP contribution in [-0.4, -0.2) is 38.7 Å². The van der Waals surface area contributed by atoms with Crippen LogP contribution >= 0.6 is 28.1 Å². The van der Waals surface area contributed by atoms with Crippen LogP contribution in [0.5, 0.6) is 0 Å². The van der Waals surface area contributed by atoms with Gasteiger partial charge in [0.25, 0.3) is 0 Å². The molecule has 1 aromatic carbocycles. The number of thiocarbonyl (C=S) groups is 1. The molecule has 0 aliphatic carbocycles. The van der Waals surface area contributed by atoms with Gasteiger partial charge in [0.15, 0.2) is 5.11 Å². The van der Waals surface area contributed by atoms with E-state index < -0.39 is 0 Å². The number of nitrogens with one attached hydrogen (secondary N) is 1. The molecule has 1 N–H and O–H groups in total. The lowest BCUT2D eigenvalue weighted by Crippen LogP contribution is -2.36. The molecule has 4 rings (SSSR count). The average Bonchev–Trinajstić information content (AvgIpc) is 3.34. The van der Waals surface area contributed by atoms with Gasteiger partial charge < -0.3 is 19.5 Å². The van der Waals surface area contributed by atoms with Crippen molar-refractivity contribution in [2.75, 3.05) is 13.2 Å². The molecular formula is C22H21BrN4O2S. The Morgan fingerprint density at radius 2 is 2.10 bits per heavy atom. The summed E-state index contributed by atoms with van der Waals surface area (Å²) in [7, 11) is 0. The van der Waals surface area contributed by atoms with E-state index in [1.54, 1.807) is 13.1 Å². The van der Waals surface area contributed by atoms with E-state index in [2.05, 4.69) is 42.9 Å². The summed E-state index contributed by atoms with van der Waals surface area (Å²) in [5, 5.41) is 3.87. The molecule has 2 atom stereocenters. The number of rotatable bonds is 6. The highest BCUT2D eigenvalue weighted by molar-refractivity contribution is 9.10. The number of hydrogen-bond donors (Lipinski definition) is 1. The summed E-state index contributed by atoms with van der Waals surface area (Å²) in [5.74, 6) is -0.311. The van der Waals surface area contributed by atoms with Gasteiger partial charge in [-0.2, -0.15) is 0 Å². The zero-order chi connectivity index (χ0) is 21.1. The third-order valence-electron chi connectivity index (χ3n) is 4.97. The van der Waals surface area contributed by atoms with E-state index >= 15 is 0 Å². The van der Waals surface area contributed by atoms with Gasteiger partial charge in [0.05, 0.1) is 24.4 Å². The number of ether oxygens (including phenoxy) is 1. The number of aromatic nitrogens is 2. The smallest absolute Gasteiger partial charge is 0.325 e. The summed E-state index contributed by atoms with van der Waals surface area (Å²) in [6.45, 7) is 2.19. The van der Waals surface area contributed by atoms with Gasteiger partial charge in [0.1, 0.15) is 6.54 Å². The molecule has 0 amide bonds. The topological polar surface area (TPSA) is 59.4 Å². The number of pyridine rings is 1. The van der Waals surface area contributed by atoms with Gasteiger partial charge in [-0.3, -0.25) is 9.78 Å². The third-order valence-corrected chi connectivity index (χ3v) is 5.82. The number of carbonyl (C=O) groups excluding carboxylic acids is 1. The average molecular weight is 485 g/mol. The van der Waals surface area contributed by atoms with Crippen molar-refractivity contribution in [2.45, 2.75) is 19.0 Å². The number of hydrogen-bond acceptors (Lipinski definition) is 4. The minimum atomic E-state index is -0.311. The van der Waals surface area contributed by atoms with Crippen LogP contribution < -0.4 is 5.32 Å². The lowest BCUT2D eigenvalue weighted by atomic mass is 10.0. The van der Waals surface area contributed by atoms with Gasteiger partial charge >= 0.3 is 5.97 Å². The fourth-order valence-corrected chi connectivity index (χ4v) is 4.43. The molecule has 0 unspecified atom stereocenters. The van der Waals surface area contributed by atoms with Gasteiger partial charge in [0, 0.05) is 28.2 Å². The first-order valence-corrected chi connectivity index (χ1v) is 10.9. The summed E-state index contributed by atoms with van der Waals surface area (Å²) in [5.41, 5.74) is 2.87. The maximum atomic E-state index is 12.3. The van der Waals surface area contributed by atoms with Gasteiger partial charge in [-0.1, -0.05) is 28.1 Å². The number of carbonyl (C=O) groups is 1. The van der Waals surface area contributed by atoms with Crippen molar-refractivity contribution in [2.24, 2.45) is 0 Å². The Hall–Kier alpha value is -2.71. The molecule has 0 spiro atoms. The molecule has 3 heterocycles. The lowest BCUT2D eigenvalue weighted by Gasteiger charge is -2.28. The van der Waals surface area contributed by atoms with Gasteiger partial charge in [-0.15, -0.1) is 0 Å². The molecule has 2 aromatic heterocycles. The molecular weight excluding hydrogens is 464 g/mol. The van der Waals surface area contributed by atoms with Crippen molar-refractivity contribution in [3.63, 3.8) is 0 Å². The summed E-state index contributed by atoms with van der Waals surface area (Å²) in [4.78, 5) is 18.7. The van der Waals surface area contributed by atoms with Crippen LogP contribution in [0.4, 0.5) is 0 Å². The fraction of sp³-hybridized carbons (Fsp3) is 0.227. The molecule has 1 fully saturated rings. The number of benzene rings is 1. The first kappa shape index (κ1) is 20.6. The van der Waals surface area contributed by atoms with Gasteiger partial charge in [0.2, 0.25) is 0 Å². The molecule has 30 heavy (non-hydrogen) atoms. The summed E-state index contributed by atoms with van der Waals surface area (Å²) in [6, 6.07) is 17.5. The van der Waals surface area contributed by atoms with E-state index in [-0.39, 0.29) is 24.6 Å². The Morgan fingerprint density at radius 3 is 2.83 bits per heavy atom. The first-order chi connectivity index (χ1) is 14.6. The molecule has 1 aliphatic rings. The molecule has 154 valence electrons. The van der Waals surface area contributed by atoms with Crippen molar-refractivity contribution in [3.8, 4) is 5.69 Å². The zero-order valence-electron chi connectivity index (χ0n) is 16.4. The minimum Gasteiger partial charge on any atom is -0.465 e. The molecule has 1 saturated heterocycles. The molecule has 0 radical (unpaired) electrons. The van der Waals surface area contributed by atoms with Crippen molar-refractivity contribution in [3.05, 3.63) is 82.9 Å². The zero-order valence-corrected chi connectivity index (χ0v) is 18.8. The van der Waals surface area contributed by atoms with E-state index in [0.717, 1.165) is 21.5 Å². The Morgan fingerprint density at radius 1 is 1.23 bits per heavy atom. The standard InChI is InChI=1S/C22H21BrN4O2S/c1-2-29-19(28)14-27-21(20(25-22(27)30)17-9-3-4-11-24-17)18-10-6-12-26(18)16-8-5-7-15(23)13-16/h3-13,20-21H,2,14H2,1H3,(H,25,30)/t20-,21+/m0/s1. The van der Waals surface area contributed by atoms with Crippen LogP contribution in [0.2, 0.25) is 0 Å². The van der Waals surface area contributed by atoms with E-state index in [1.807, 2.05) is 53.6 Å². The predicted molar refractivity (Wildman–Crippen MR) is 122 cm³/mol. The minimum absolute atomic E-state index is 0.0668. The van der Waals surface area contributed by atoms with E-state index in [0.29, 0.717) is 11.7 Å². The lowest BCUT2D eigenvalue weighted by molar-refractivity contribution is -0.143. The number of nitrogens with zero attached hydrogens (tertiary/aromatic N) is 3. The van der Waals surface area contributed by atoms with Crippen LogP contribution in [0.3, 0.4) is 0 Å². The van der Waals surface area contributed by atoms with Crippen molar-refractivity contribution in [1.82, 2.24) is 19.8 Å². The Bertz CT molecular complexity index is 1060. The van der Waals surface area contributed by atoms with Gasteiger partial charge in [-0.25, -0.2) is 0 Å². The molecule has 8 heteroatoms. The van der Waals surface area contributed by atoms with Crippen molar-refractivity contribution in [1.29, 1.82) is 0 Å². The highest BCUT2D eigenvalue weighted by Gasteiger charge is 2.42. The Kier molecular flexibility index (Phi) is 6.15. The second kappa shape index (κ2) is 8.97. The summed E-state index contributed by atoms with van der Waals surface area (Å²) >= 11 is 9.16. The second-order valence-electron chi connectivity index (χ2n) is 6.84. The molecule has 1 aliphatic heterocycles. The largest absolute Gasteiger partial charge is 0.465 e. The Labute approximate surface area is 189 Å². The predicted octanol–water partition coefficient (Wildman–Crippen LogP) is 4.17. The van der Waals surface area contributed by atoms with Crippen molar-refractivity contribution < 1.29 is 9.53 Å². The SMILES string of the molecule is CCOC(=O)CN1C(=S)N[C@@H](c2ccccn2)[C@H]1c1cccn1-c1cccc(Br)c1. The molecule has 0 saturated carbocycles. The van der Waals surface area contributed by atoms with Crippen LogP contribution in [0.1, 0.15) is 30.4 Å². The van der Waals surface area contributed by atoms with Crippen LogP contribution in [0.25, 0.3) is 5.69 Å². The van der Waals surface area contributed by atoms with Crippen LogP contribution in [-0.2, 0) is 9.53 Å². The quantitative estimate of drug-likeness (QED) is 0.418. The molecule has 3 aromatic rings. The highest BCUT2D eigenvalue weighted by atomic mass is 79.9. The van der Waals surface area contributed by atoms with E-state index in [1.165, 1.54) is 0 Å². The number of esters is 1. The Balaban J connectivity index is 1.79. The van der Waals surface area contributed by atoms with Crippen molar-refractivity contribution >= 4 is 39.2 Å². The highest BCUT2D eigenvalue weighted by Crippen LogP contribution is 2.39. The number of halogens is 1. The fourth-order valence-electron chi connectivity index (χ4n) is 3.74. The molecule has 0 bridgehead atoms. The van der Waals surface area contributed by atoms with Crippen LogP contribution in [0.15, 0.2) is 71.5 Å². The maximum absolute atomic E-state index is 12.3. The van der Waals surface area contributed by atoms with Crippen LogP contribution in [0, 0.1) is 0 Å². The summed E-state index contributed by atoms with van der Waals surface area (Å²) < 4.78 is 8.29. The third kappa shape index (κ3) is 4.11. The van der Waals surface area contributed by atoms with E-state index in [9.17, 15) is 4.79 Å². The maximum Gasteiger partial charge on any atom is 0.325 e. The monoisotopic (exact) mass is 484 g/mol. The second-order valence-corrected chi connectivity index (χ2v) is 8.14. The van der Waals surface area contributed by atoms with E-state index in [4.69, 9.17) is 17.0 Å². The van der Waals surface area contributed by atoms with Gasteiger partial charge in [-0.05, 0) is 61.6 Å². The normalized spacial score (nSPS) is 18.3. The summed E-state index contributed by atoms with van der Waals surface area (Å²) in [6.07, 6.45) is 3.77. The molecule has 6 nitrogen and oxygen atoms in total.